The van der Waals surface area contributed by atoms with Gasteiger partial charge in [-0.15, -0.1) is 11.3 Å². The van der Waals surface area contributed by atoms with Crippen molar-refractivity contribution < 1.29 is 9.69 Å². The lowest BCUT2D eigenvalue weighted by molar-refractivity contribution is -0.897. The Labute approximate surface area is 168 Å². The van der Waals surface area contributed by atoms with Gasteiger partial charge in [-0.1, -0.05) is 29.8 Å². The molecule has 0 spiro atoms. The van der Waals surface area contributed by atoms with Crippen molar-refractivity contribution in [3.63, 3.8) is 0 Å². The van der Waals surface area contributed by atoms with Crippen molar-refractivity contribution in [1.29, 1.82) is 0 Å². The van der Waals surface area contributed by atoms with Crippen LogP contribution in [0.4, 0.5) is 5.69 Å². The van der Waals surface area contributed by atoms with Gasteiger partial charge in [-0.3, -0.25) is 4.79 Å². The number of aromatic nitrogens is 1. The van der Waals surface area contributed by atoms with E-state index in [-0.39, 0.29) is 5.91 Å². The molecule has 140 valence electrons. The maximum Gasteiger partial charge on any atom is 0.279 e. The Balaban J connectivity index is 1.32. The molecule has 6 heteroatoms. The van der Waals surface area contributed by atoms with E-state index >= 15 is 0 Å². The van der Waals surface area contributed by atoms with Crippen LogP contribution in [0.5, 0.6) is 0 Å². The largest absolute Gasteiger partial charge is 0.327 e. The first-order chi connectivity index (χ1) is 13.1. The smallest absolute Gasteiger partial charge is 0.279 e. The first-order valence-electron chi connectivity index (χ1n) is 9.34. The van der Waals surface area contributed by atoms with Gasteiger partial charge in [0.25, 0.3) is 5.91 Å². The fourth-order valence-corrected chi connectivity index (χ4v) is 4.99. The van der Waals surface area contributed by atoms with Crippen LogP contribution < -0.4 is 10.2 Å². The van der Waals surface area contributed by atoms with Crippen molar-refractivity contribution in [2.24, 2.45) is 0 Å². The van der Waals surface area contributed by atoms with Gasteiger partial charge in [0.2, 0.25) is 0 Å². The summed E-state index contributed by atoms with van der Waals surface area (Å²) in [4.78, 5) is 18.6. The first-order valence-corrected chi connectivity index (χ1v) is 10.5. The van der Waals surface area contributed by atoms with E-state index in [0.29, 0.717) is 17.5 Å². The number of benzene rings is 2. The van der Waals surface area contributed by atoms with E-state index in [1.807, 2.05) is 42.5 Å². The number of nitrogens with zero attached hydrogens (tertiary/aromatic N) is 1. The summed E-state index contributed by atoms with van der Waals surface area (Å²) in [6.45, 7) is 4.43. The number of carbonyl (C=O) groups excluding carboxylic acids is 1. The third-order valence-electron chi connectivity index (χ3n) is 5.30. The number of piperidine rings is 1. The lowest BCUT2D eigenvalue weighted by atomic mass is 9.97. The number of carbonyl (C=O) groups is 1. The number of thiazole rings is 1. The van der Waals surface area contributed by atoms with Crippen LogP contribution in [0.15, 0.2) is 42.5 Å². The second-order valence-corrected chi connectivity index (χ2v) is 8.65. The number of nitrogens with one attached hydrogen (secondary N) is 2. The van der Waals surface area contributed by atoms with Crippen molar-refractivity contribution in [2.75, 3.05) is 25.0 Å². The summed E-state index contributed by atoms with van der Waals surface area (Å²) in [7, 11) is 0. The van der Waals surface area contributed by atoms with E-state index in [2.05, 4.69) is 23.5 Å². The van der Waals surface area contributed by atoms with Gasteiger partial charge >= 0.3 is 0 Å². The normalized spacial score (nSPS) is 19.9. The van der Waals surface area contributed by atoms with Crippen LogP contribution in [0.3, 0.4) is 0 Å². The fraction of sp³-hybridized carbons (Fsp3) is 0.333. The van der Waals surface area contributed by atoms with Gasteiger partial charge in [0.15, 0.2) is 6.54 Å². The van der Waals surface area contributed by atoms with Crippen LogP contribution in [0.2, 0.25) is 5.02 Å². The summed E-state index contributed by atoms with van der Waals surface area (Å²) in [5.41, 5.74) is 2.82. The number of fused-ring (bicyclic) bond motifs is 1. The van der Waals surface area contributed by atoms with Gasteiger partial charge in [-0.2, -0.15) is 0 Å². The Hall–Kier alpha value is -1.95. The molecule has 0 bridgehead atoms. The average Bonchev–Trinajstić information content (AvgIpc) is 3.10. The maximum absolute atomic E-state index is 12.4. The number of anilines is 1. The van der Waals surface area contributed by atoms with E-state index in [4.69, 9.17) is 16.6 Å². The molecule has 2 heterocycles. The van der Waals surface area contributed by atoms with Crippen molar-refractivity contribution >= 4 is 44.7 Å². The molecule has 1 fully saturated rings. The highest BCUT2D eigenvalue weighted by Gasteiger charge is 2.27. The number of hydrogen-bond acceptors (Lipinski definition) is 3. The summed E-state index contributed by atoms with van der Waals surface area (Å²) >= 11 is 7.94. The van der Waals surface area contributed by atoms with E-state index in [1.54, 1.807) is 0 Å². The number of quaternary nitrogens is 1. The molecule has 2 aromatic carbocycles. The third kappa shape index (κ3) is 4.15. The lowest BCUT2D eigenvalue weighted by Crippen LogP contribution is -3.14. The second-order valence-electron chi connectivity index (χ2n) is 7.18. The summed E-state index contributed by atoms with van der Waals surface area (Å²) in [5, 5.41) is 4.93. The van der Waals surface area contributed by atoms with E-state index in [0.717, 1.165) is 42.7 Å². The van der Waals surface area contributed by atoms with Crippen molar-refractivity contribution in [1.82, 2.24) is 4.98 Å². The molecule has 27 heavy (non-hydrogen) atoms. The molecule has 1 amide bonds. The minimum Gasteiger partial charge on any atom is -0.327 e. The predicted molar refractivity (Wildman–Crippen MR) is 112 cm³/mol. The Morgan fingerprint density at radius 2 is 2.00 bits per heavy atom. The van der Waals surface area contributed by atoms with Crippen LogP contribution in [-0.2, 0) is 4.79 Å². The predicted octanol–water partition coefficient (Wildman–Crippen LogP) is 3.66. The van der Waals surface area contributed by atoms with E-state index in [9.17, 15) is 4.79 Å². The molecule has 0 aliphatic carbocycles. The maximum atomic E-state index is 12.4. The summed E-state index contributed by atoms with van der Waals surface area (Å²) < 4.78 is 1.26. The monoisotopic (exact) mass is 400 g/mol. The van der Waals surface area contributed by atoms with Crippen molar-refractivity contribution in [3.05, 3.63) is 58.1 Å². The number of halogens is 1. The standard InChI is InChI=1S/C21H22ClN3OS/c1-14-16(22)5-4-7-17(14)23-20(26)13-25-11-9-15(10-12-25)21-24-18-6-2-3-8-19(18)27-21/h2-8,15H,9-13H2,1H3,(H,23,26)/p+1. The van der Waals surface area contributed by atoms with Crippen molar-refractivity contribution in [3.8, 4) is 0 Å². The summed E-state index contributed by atoms with van der Waals surface area (Å²) in [5.74, 6) is 0.568. The molecule has 0 radical (unpaired) electrons. The zero-order chi connectivity index (χ0) is 18.8. The van der Waals surface area contributed by atoms with Gasteiger partial charge in [0, 0.05) is 29.5 Å². The minimum absolute atomic E-state index is 0.0498. The molecule has 3 aromatic rings. The average molecular weight is 401 g/mol. The van der Waals surface area contributed by atoms with Gasteiger partial charge in [0.1, 0.15) is 0 Å². The molecule has 1 aliphatic rings. The van der Waals surface area contributed by atoms with Gasteiger partial charge in [-0.25, -0.2) is 4.98 Å². The molecule has 0 atom stereocenters. The van der Waals surface area contributed by atoms with E-state index in [1.165, 1.54) is 14.6 Å². The van der Waals surface area contributed by atoms with Gasteiger partial charge in [-0.05, 0) is 36.8 Å². The third-order valence-corrected chi connectivity index (χ3v) is 6.91. The molecular weight excluding hydrogens is 378 g/mol. The Morgan fingerprint density at radius 1 is 1.22 bits per heavy atom. The van der Waals surface area contributed by atoms with Crippen LogP contribution in [0.25, 0.3) is 10.2 Å². The zero-order valence-corrected chi connectivity index (χ0v) is 16.9. The highest BCUT2D eigenvalue weighted by molar-refractivity contribution is 7.18. The first kappa shape index (κ1) is 18.4. The Kier molecular flexibility index (Phi) is 5.43. The number of rotatable bonds is 4. The zero-order valence-electron chi connectivity index (χ0n) is 15.3. The molecule has 1 aromatic heterocycles. The molecular formula is C21H23ClN3OS+. The number of hydrogen-bond donors (Lipinski definition) is 2. The molecule has 4 rings (SSSR count). The van der Waals surface area contributed by atoms with Crippen LogP contribution in [0, 0.1) is 6.92 Å². The van der Waals surface area contributed by atoms with Crippen LogP contribution >= 0.6 is 22.9 Å². The van der Waals surface area contributed by atoms with Crippen LogP contribution in [-0.4, -0.2) is 30.5 Å². The quantitative estimate of drug-likeness (QED) is 0.702. The fourth-order valence-electron chi connectivity index (χ4n) is 3.68. The molecule has 4 nitrogen and oxygen atoms in total. The number of likely N-dealkylation sites (tertiary alicyclic amines) is 1. The molecule has 0 saturated carbocycles. The SMILES string of the molecule is Cc1c(Cl)cccc1NC(=O)C[NH+]1CCC(c2nc3ccccc3s2)CC1. The van der Waals surface area contributed by atoms with E-state index < -0.39 is 0 Å². The minimum atomic E-state index is 0.0498. The summed E-state index contributed by atoms with van der Waals surface area (Å²) in [6, 6.07) is 13.9. The van der Waals surface area contributed by atoms with Crippen LogP contribution in [0.1, 0.15) is 29.3 Å². The molecule has 2 N–H and O–H groups in total. The van der Waals surface area contributed by atoms with Gasteiger partial charge < -0.3 is 10.2 Å². The Morgan fingerprint density at radius 3 is 2.78 bits per heavy atom. The topological polar surface area (TPSA) is 46.4 Å². The number of para-hydroxylation sites is 1. The van der Waals surface area contributed by atoms with Crippen molar-refractivity contribution in [2.45, 2.75) is 25.7 Å². The molecule has 0 unspecified atom stereocenters. The molecule has 1 aliphatic heterocycles. The molecule has 1 saturated heterocycles. The Bertz CT molecular complexity index is 930. The number of amides is 1. The lowest BCUT2D eigenvalue weighted by Gasteiger charge is -2.27. The summed E-state index contributed by atoms with van der Waals surface area (Å²) in [6.07, 6.45) is 2.16. The highest BCUT2D eigenvalue weighted by Crippen LogP contribution is 2.31. The van der Waals surface area contributed by atoms with Gasteiger partial charge in [0.05, 0.1) is 28.3 Å². The second kappa shape index (κ2) is 7.97. The highest BCUT2D eigenvalue weighted by atomic mass is 35.5.